The molecule has 1 aromatic carbocycles. The van der Waals surface area contributed by atoms with E-state index in [1.54, 1.807) is 11.6 Å². The second-order valence-electron chi connectivity index (χ2n) is 6.85. The fraction of sp³-hybridized carbons (Fsp3) is 0.409. The van der Waals surface area contributed by atoms with E-state index in [4.69, 9.17) is 0 Å². The van der Waals surface area contributed by atoms with E-state index in [-0.39, 0.29) is 17.7 Å². The zero-order valence-corrected chi connectivity index (χ0v) is 16.9. The number of aryl methyl sites for hydroxylation is 1. The maximum Gasteiger partial charge on any atom is 0.224 e. The minimum absolute atomic E-state index is 0.0102. The molecule has 0 aliphatic heterocycles. The number of aromatic nitrogens is 2. The first-order valence-electron chi connectivity index (χ1n) is 9.41. The van der Waals surface area contributed by atoms with Crippen LogP contribution in [-0.4, -0.2) is 39.5 Å². The SMILES string of the molecule is CCN(C/C=C/c1ccccc1)C(=O)CC(C)n1nc(C)c(C(C)=O)c1C. The van der Waals surface area contributed by atoms with E-state index in [0.717, 1.165) is 17.0 Å². The highest BCUT2D eigenvalue weighted by molar-refractivity contribution is 5.96. The summed E-state index contributed by atoms with van der Waals surface area (Å²) in [6.07, 6.45) is 4.39. The van der Waals surface area contributed by atoms with Crippen molar-refractivity contribution in [2.24, 2.45) is 0 Å². The topological polar surface area (TPSA) is 55.2 Å². The van der Waals surface area contributed by atoms with Gasteiger partial charge in [0.05, 0.1) is 17.3 Å². The van der Waals surface area contributed by atoms with Crippen LogP contribution < -0.4 is 0 Å². The van der Waals surface area contributed by atoms with E-state index >= 15 is 0 Å². The van der Waals surface area contributed by atoms with Crippen molar-refractivity contribution >= 4 is 17.8 Å². The number of carbonyl (C=O) groups excluding carboxylic acids is 2. The number of amides is 1. The van der Waals surface area contributed by atoms with E-state index in [0.29, 0.717) is 25.1 Å². The van der Waals surface area contributed by atoms with Gasteiger partial charge in [-0.2, -0.15) is 5.10 Å². The molecule has 0 saturated carbocycles. The van der Waals surface area contributed by atoms with Crippen LogP contribution in [0.4, 0.5) is 0 Å². The molecular formula is C22H29N3O2. The predicted molar refractivity (Wildman–Crippen MR) is 109 cm³/mol. The molecule has 0 aliphatic carbocycles. The van der Waals surface area contributed by atoms with E-state index in [1.165, 1.54) is 0 Å². The Bertz CT molecular complexity index is 822. The lowest BCUT2D eigenvalue weighted by atomic mass is 10.1. The summed E-state index contributed by atoms with van der Waals surface area (Å²) in [6, 6.07) is 9.94. The molecule has 0 aliphatic rings. The minimum atomic E-state index is -0.101. The van der Waals surface area contributed by atoms with Gasteiger partial charge in [-0.15, -0.1) is 0 Å². The second-order valence-corrected chi connectivity index (χ2v) is 6.85. The Morgan fingerprint density at radius 2 is 1.89 bits per heavy atom. The normalized spacial score (nSPS) is 12.3. The van der Waals surface area contributed by atoms with Crippen molar-refractivity contribution in [3.05, 3.63) is 58.9 Å². The van der Waals surface area contributed by atoms with Gasteiger partial charge in [0.2, 0.25) is 5.91 Å². The number of ketones is 1. The summed E-state index contributed by atoms with van der Waals surface area (Å²) in [4.78, 5) is 26.3. The van der Waals surface area contributed by atoms with Crippen LogP contribution in [0.25, 0.3) is 6.08 Å². The van der Waals surface area contributed by atoms with Crippen LogP contribution in [0.3, 0.4) is 0 Å². The monoisotopic (exact) mass is 367 g/mol. The molecule has 0 saturated heterocycles. The van der Waals surface area contributed by atoms with Crippen molar-refractivity contribution in [1.29, 1.82) is 0 Å². The summed E-state index contributed by atoms with van der Waals surface area (Å²) in [6.45, 7) is 10.5. The number of hydrogen-bond donors (Lipinski definition) is 0. The van der Waals surface area contributed by atoms with Gasteiger partial charge in [-0.3, -0.25) is 14.3 Å². The molecule has 2 rings (SSSR count). The summed E-state index contributed by atoms with van der Waals surface area (Å²) in [5.74, 6) is 0.0932. The summed E-state index contributed by atoms with van der Waals surface area (Å²) in [5, 5.41) is 4.48. The summed E-state index contributed by atoms with van der Waals surface area (Å²) < 4.78 is 1.80. The largest absolute Gasteiger partial charge is 0.339 e. The summed E-state index contributed by atoms with van der Waals surface area (Å²) in [7, 11) is 0. The molecule has 0 N–H and O–H groups in total. The van der Waals surface area contributed by atoms with Crippen LogP contribution in [0.2, 0.25) is 0 Å². The number of carbonyl (C=O) groups is 2. The number of rotatable bonds is 8. The highest BCUT2D eigenvalue weighted by Crippen LogP contribution is 2.20. The average molecular weight is 367 g/mol. The fourth-order valence-electron chi connectivity index (χ4n) is 3.36. The van der Waals surface area contributed by atoms with Crippen LogP contribution in [0, 0.1) is 13.8 Å². The fourth-order valence-corrected chi connectivity index (χ4v) is 3.36. The van der Waals surface area contributed by atoms with Crippen LogP contribution in [0.5, 0.6) is 0 Å². The van der Waals surface area contributed by atoms with Gasteiger partial charge in [0.15, 0.2) is 5.78 Å². The molecule has 1 heterocycles. The lowest BCUT2D eigenvalue weighted by Crippen LogP contribution is -2.32. The van der Waals surface area contributed by atoms with Crippen molar-refractivity contribution in [2.45, 2.75) is 47.1 Å². The Hall–Kier alpha value is -2.69. The van der Waals surface area contributed by atoms with Crippen molar-refractivity contribution in [3.63, 3.8) is 0 Å². The molecule has 2 aromatic rings. The number of nitrogens with zero attached hydrogens (tertiary/aromatic N) is 3. The van der Waals surface area contributed by atoms with Crippen molar-refractivity contribution in [2.75, 3.05) is 13.1 Å². The highest BCUT2D eigenvalue weighted by Gasteiger charge is 2.21. The van der Waals surface area contributed by atoms with Crippen molar-refractivity contribution in [1.82, 2.24) is 14.7 Å². The lowest BCUT2D eigenvalue weighted by molar-refractivity contribution is -0.131. The molecule has 5 heteroatoms. The van der Waals surface area contributed by atoms with Gasteiger partial charge in [0.25, 0.3) is 0 Å². The molecule has 1 amide bonds. The Balaban J connectivity index is 2.02. The first kappa shape index (κ1) is 20.6. The van der Waals surface area contributed by atoms with Crippen LogP contribution in [0.15, 0.2) is 36.4 Å². The third-order valence-corrected chi connectivity index (χ3v) is 4.73. The van der Waals surface area contributed by atoms with E-state index in [2.05, 4.69) is 5.10 Å². The van der Waals surface area contributed by atoms with Crippen molar-refractivity contribution in [3.8, 4) is 0 Å². The minimum Gasteiger partial charge on any atom is -0.339 e. The lowest BCUT2D eigenvalue weighted by Gasteiger charge is -2.22. The van der Waals surface area contributed by atoms with Gasteiger partial charge in [0.1, 0.15) is 0 Å². The van der Waals surface area contributed by atoms with Gasteiger partial charge < -0.3 is 4.90 Å². The summed E-state index contributed by atoms with van der Waals surface area (Å²) in [5.41, 5.74) is 3.32. The molecule has 1 unspecified atom stereocenters. The van der Waals surface area contributed by atoms with Crippen LogP contribution in [-0.2, 0) is 4.79 Å². The van der Waals surface area contributed by atoms with Crippen molar-refractivity contribution < 1.29 is 9.59 Å². The Kier molecular flexibility index (Phi) is 7.11. The molecule has 1 atom stereocenters. The molecule has 27 heavy (non-hydrogen) atoms. The average Bonchev–Trinajstić information content (AvgIpc) is 2.94. The summed E-state index contributed by atoms with van der Waals surface area (Å²) >= 11 is 0. The van der Waals surface area contributed by atoms with E-state index in [9.17, 15) is 9.59 Å². The Morgan fingerprint density at radius 3 is 2.44 bits per heavy atom. The molecule has 0 radical (unpaired) electrons. The molecule has 5 nitrogen and oxygen atoms in total. The van der Waals surface area contributed by atoms with Gasteiger partial charge >= 0.3 is 0 Å². The molecule has 0 spiro atoms. The first-order chi connectivity index (χ1) is 12.8. The third kappa shape index (κ3) is 5.16. The van der Waals surface area contributed by atoms with Gasteiger partial charge in [-0.1, -0.05) is 42.5 Å². The standard InChI is InChI=1S/C22H29N3O2/c1-6-24(14-10-13-20-11-8-7-9-12-20)21(27)15-16(2)25-18(4)22(19(5)26)17(3)23-25/h7-13,16H,6,14-15H2,1-5H3/b13-10+. The molecule has 0 fully saturated rings. The van der Waals surface area contributed by atoms with Gasteiger partial charge in [-0.25, -0.2) is 0 Å². The Morgan fingerprint density at radius 1 is 1.22 bits per heavy atom. The number of hydrogen-bond acceptors (Lipinski definition) is 3. The number of likely N-dealkylation sites (N-methyl/N-ethyl adjacent to an activating group) is 1. The van der Waals surface area contributed by atoms with E-state index in [1.807, 2.05) is 75.1 Å². The highest BCUT2D eigenvalue weighted by atomic mass is 16.2. The number of Topliss-reactive ketones (excluding diaryl/α,β-unsaturated/α-hetero) is 1. The third-order valence-electron chi connectivity index (χ3n) is 4.73. The zero-order valence-electron chi connectivity index (χ0n) is 16.9. The van der Waals surface area contributed by atoms with Crippen LogP contribution in [0.1, 0.15) is 60.5 Å². The Labute approximate surface area is 161 Å². The quantitative estimate of drug-likeness (QED) is 0.657. The molecule has 144 valence electrons. The zero-order chi connectivity index (χ0) is 20.0. The first-order valence-corrected chi connectivity index (χ1v) is 9.41. The van der Waals surface area contributed by atoms with Gasteiger partial charge in [0, 0.05) is 25.2 Å². The maximum absolute atomic E-state index is 12.7. The second kappa shape index (κ2) is 9.31. The predicted octanol–water partition coefficient (Wildman–Crippen LogP) is 4.22. The number of benzene rings is 1. The van der Waals surface area contributed by atoms with E-state index < -0.39 is 0 Å². The smallest absolute Gasteiger partial charge is 0.224 e. The molecule has 0 bridgehead atoms. The maximum atomic E-state index is 12.7. The molecule has 1 aromatic heterocycles. The molecular weight excluding hydrogens is 338 g/mol. The van der Waals surface area contributed by atoms with Crippen LogP contribution >= 0.6 is 0 Å². The van der Waals surface area contributed by atoms with Gasteiger partial charge in [-0.05, 0) is 40.2 Å².